The van der Waals surface area contributed by atoms with E-state index in [1.54, 1.807) is 0 Å². The third-order valence-corrected chi connectivity index (χ3v) is 4.60. The molecule has 0 radical (unpaired) electrons. The van der Waals surface area contributed by atoms with Crippen molar-refractivity contribution in [2.45, 2.75) is 45.8 Å². The molecule has 1 saturated heterocycles. The van der Waals surface area contributed by atoms with Crippen LogP contribution in [0.5, 0.6) is 0 Å². The van der Waals surface area contributed by atoms with Gasteiger partial charge >= 0.3 is 0 Å². The maximum Gasteiger partial charge on any atom is 0.117 e. The number of aryl methyl sites for hydroxylation is 2. The van der Waals surface area contributed by atoms with Crippen LogP contribution in [0.1, 0.15) is 35.5 Å². The molecule has 3 nitrogen and oxygen atoms in total. The Labute approximate surface area is 133 Å². The van der Waals surface area contributed by atoms with Gasteiger partial charge in [0.2, 0.25) is 0 Å². The Bertz CT molecular complexity index is 597. The summed E-state index contributed by atoms with van der Waals surface area (Å²) >= 11 is 0. The van der Waals surface area contributed by atoms with Crippen LogP contribution in [0.2, 0.25) is 0 Å². The standard InChI is InChI=1S/C19H26N2O/c1-15-5-3-4-6-17(15)14-21-11-9-18(10-12-21)20-13-19-8-7-16(2)22-19/h3-8,18,20H,9-14H2,1-2H3. The highest BCUT2D eigenvalue weighted by Crippen LogP contribution is 2.16. The number of piperidine rings is 1. The molecule has 1 N–H and O–H groups in total. The maximum absolute atomic E-state index is 5.61. The average molecular weight is 298 g/mol. The molecule has 1 aromatic carbocycles. The summed E-state index contributed by atoms with van der Waals surface area (Å²) in [6.45, 7) is 8.46. The molecule has 22 heavy (non-hydrogen) atoms. The molecule has 0 spiro atoms. The molecule has 118 valence electrons. The van der Waals surface area contributed by atoms with Crippen molar-refractivity contribution < 1.29 is 4.42 Å². The minimum Gasteiger partial charge on any atom is -0.465 e. The maximum atomic E-state index is 5.61. The van der Waals surface area contributed by atoms with Crippen LogP contribution in [-0.4, -0.2) is 24.0 Å². The number of hydrogen-bond donors (Lipinski definition) is 1. The first-order valence-electron chi connectivity index (χ1n) is 8.26. The second-order valence-electron chi connectivity index (χ2n) is 6.37. The van der Waals surface area contributed by atoms with Gasteiger partial charge in [-0.2, -0.15) is 0 Å². The quantitative estimate of drug-likeness (QED) is 0.913. The molecule has 2 aromatic rings. The topological polar surface area (TPSA) is 28.4 Å². The van der Waals surface area contributed by atoms with E-state index >= 15 is 0 Å². The molecule has 0 aliphatic carbocycles. The molecule has 1 fully saturated rings. The van der Waals surface area contributed by atoms with Crippen molar-refractivity contribution >= 4 is 0 Å². The molecule has 3 heteroatoms. The van der Waals surface area contributed by atoms with Gasteiger partial charge in [0.05, 0.1) is 6.54 Å². The molecular weight excluding hydrogens is 272 g/mol. The van der Waals surface area contributed by atoms with Crippen molar-refractivity contribution in [1.29, 1.82) is 0 Å². The fourth-order valence-corrected chi connectivity index (χ4v) is 3.15. The third-order valence-electron chi connectivity index (χ3n) is 4.60. The predicted octanol–water partition coefficient (Wildman–Crippen LogP) is 3.65. The lowest BCUT2D eigenvalue weighted by Crippen LogP contribution is -2.41. The molecule has 1 aliphatic heterocycles. The van der Waals surface area contributed by atoms with Crippen molar-refractivity contribution in [3.8, 4) is 0 Å². The second-order valence-corrected chi connectivity index (χ2v) is 6.37. The highest BCUT2D eigenvalue weighted by Gasteiger charge is 2.19. The minimum atomic E-state index is 0.610. The minimum absolute atomic E-state index is 0.610. The van der Waals surface area contributed by atoms with Gasteiger partial charge in [-0.1, -0.05) is 24.3 Å². The molecular formula is C19H26N2O. The van der Waals surface area contributed by atoms with E-state index in [0.29, 0.717) is 6.04 Å². The monoisotopic (exact) mass is 298 g/mol. The van der Waals surface area contributed by atoms with Gasteiger partial charge in [0.1, 0.15) is 11.5 Å². The van der Waals surface area contributed by atoms with E-state index in [9.17, 15) is 0 Å². The van der Waals surface area contributed by atoms with Crippen LogP contribution in [0.15, 0.2) is 40.8 Å². The van der Waals surface area contributed by atoms with Crippen molar-refractivity contribution in [2.24, 2.45) is 0 Å². The van der Waals surface area contributed by atoms with E-state index in [4.69, 9.17) is 4.42 Å². The Balaban J connectivity index is 1.43. The summed E-state index contributed by atoms with van der Waals surface area (Å²) in [6, 6.07) is 13.4. The fourth-order valence-electron chi connectivity index (χ4n) is 3.15. The van der Waals surface area contributed by atoms with E-state index in [0.717, 1.165) is 24.6 Å². The highest BCUT2D eigenvalue weighted by atomic mass is 16.3. The number of hydrogen-bond acceptors (Lipinski definition) is 3. The van der Waals surface area contributed by atoms with Gasteiger partial charge in [0.15, 0.2) is 0 Å². The summed E-state index contributed by atoms with van der Waals surface area (Å²) in [7, 11) is 0. The van der Waals surface area contributed by atoms with E-state index in [2.05, 4.69) is 47.5 Å². The third kappa shape index (κ3) is 3.99. The van der Waals surface area contributed by atoms with Gasteiger partial charge in [0.25, 0.3) is 0 Å². The summed E-state index contributed by atoms with van der Waals surface area (Å²) in [6.07, 6.45) is 2.43. The van der Waals surface area contributed by atoms with Crippen LogP contribution in [0, 0.1) is 13.8 Å². The van der Waals surface area contributed by atoms with Gasteiger partial charge in [-0.25, -0.2) is 0 Å². The Morgan fingerprint density at radius 3 is 2.55 bits per heavy atom. The van der Waals surface area contributed by atoms with Gasteiger partial charge < -0.3 is 9.73 Å². The van der Waals surface area contributed by atoms with Gasteiger partial charge in [0, 0.05) is 12.6 Å². The Hall–Kier alpha value is -1.58. The molecule has 3 rings (SSSR count). The van der Waals surface area contributed by atoms with Crippen molar-refractivity contribution in [3.63, 3.8) is 0 Å². The van der Waals surface area contributed by atoms with E-state index in [1.165, 1.54) is 37.1 Å². The Morgan fingerprint density at radius 2 is 1.86 bits per heavy atom. The van der Waals surface area contributed by atoms with Gasteiger partial charge in [-0.15, -0.1) is 0 Å². The summed E-state index contributed by atoms with van der Waals surface area (Å²) in [4.78, 5) is 2.57. The van der Waals surface area contributed by atoms with Crippen molar-refractivity contribution in [2.75, 3.05) is 13.1 Å². The smallest absolute Gasteiger partial charge is 0.117 e. The Kier molecular flexibility index (Phi) is 4.96. The normalized spacial score (nSPS) is 17.0. The molecule has 2 heterocycles. The van der Waals surface area contributed by atoms with E-state index in [1.807, 2.05) is 13.0 Å². The molecule has 0 amide bonds. The van der Waals surface area contributed by atoms with Gasteiger partial charge in [-0.05, 0) is 63.0 Å². The molecule has 1 aliphatic rings. The van der Waals surface area contributed by atoms with Crippen LogP contribution < -0.4 is 5.32 Å². The van der Waals surface area contributed by atoms with Crippen LogP contribution in [0.25, 0.3) is 0 Å². The Morgan fingerprint density at radius 1 is 1.09 bits per heavy atom. The number of nitrogens with one attached hydrogen (secondary N) is 1. The van der Waals surface area contributed by atoms with Crippen LogP contribution in [-0.2, 0) is 13.1 Å². The first-order chi connectivity index (χ1) is 10.7. The van der Waals surface area contributed by atoms with Crippen LogP contribution >= 0.6 is 0 Å². The predicted molar refractivity (Wildman–Crippen MR) is 89.8 cm³/mol. The zero-order chi connectivity index (χ0) is 15.4. The van der Waals surface area contributed by atoms with Crippen molar-refractivity contribution in [3.05, 3.63) is 59.0 Å². The van der Waals surface area contributed by atoms with E-state index < -0.39 is 0 Å². The molecule has 0 atom stereocenters. The van der Waals surface area contributed by atoms with Gasteiger partial charge in [-0.3, -0.25) is 4.90 Å². The summed E-state index contributed by atoms with van der Waals surface area (Å²) in [5.41, 5.74) is 2.86. The second kappa shape index (κ2) is 7.12. The number of nitrogens with zero attached hydrogens (tertiary/aromatic N) is 1. The molecule has 0 saturated carbocycles. The lowest BCUT2D eigenvalue weighted by atomic mass is 10.0. The summed E-state index contributed by atoms with van der Waals surface area (Å²) in [5, 5.41) is 3.63. The van der Waals surface area contributed by atoms with Crippen molar-refractivity contribution in [1.82, 2.24) is 10.2 Å². The fraction of sp³-hybridized carbons (Fsp3) is 0.474. The summed E-state index contributed by atoms with van der Waals surface area (Å²) in [5.74, 6) is 2.03. The first kappa shape index (κ1) is 15.3. The molecule has 1 aromatic heterocycles. The lowest BCUT2D eigenvalue weighted by Gasteiger charge is -2.32. The molecule has 0 unspecified atom stereocenters. The largest absolute Gasteiger partial charge is 0.465 e. The summed E-state index contributed by atoms with van der Waals surface area (Å²) < 4.78 is 5.61. The van der Waals surface area contributed by atoms with Crippen LogP contribution in [0.4, 0.5) is 0 Å². The SMILES string of the molecule is Cc1ccc(CNC2CCN(Cc3ccccc3C)CC2)o1. The number of benzene rings is 1. The number of furan rings is 1. The first-order valence-corrected chi connectivity index (χ1v) is 8.26. The lowest BCUT2D eigenvalue weighted by molar-refractivity contribution is 0.188. The average Bonchev–Trinajstić information content (AvgIpc) is 2.94. The zero-order valence-corrected chi connectivity index (χ0v) is 13.6. The molecule has 0 bridgehead atoms. The highest BCUT2D eigenvalue weighted by molar-refractivity contribution is 5.25. The zero-order valence-electron chi connectivity index (χ0n) is 13.6. The number of rotatable bonds is 5. The van der Waals surface area contributed by atoms with E-state index in [-0.39, 0.29) is 0 Å². The van der Waals surface area contributed by atoms with Crippen LogP contribution in [0.3, 0.4) is 0 Å². The number of likely N-dealkylation sites (tertiary alicyclic amines) is 1.